The fraction of sp³-hybridized carbons (Fsp3) is 0.182. The van der Waals surface area contributed by atoms with Crippen LogP contribution < -0.4 is 15.4 Å². The molecule has 2 aromatic carbocycles. The summed E-state index contributed by atoms with van der Waals surface area (Å²) in [6, 6.07) is 14.6. The van der Waals surface area contributed by atoms with Crippen molar-refractivity contribution in [1.82, 2.24) is 10.3 Å². The number of carbonyl (C=O) groups is 1. The molecule has 3 aromatic rings. The summed E-state index contributed by atoms with van der Waals surface area (Å²) in [4.78, 5) is 16.8. The fourth-order valence-electron chi connectivity index (χ4n) is 2.89. The lowest BCUT2D eigenvalue weighted by Gasteiger charge is -2.16. The van der Waals surface area contributed by atoms with Crippen LogP contribution in [0.2, 0.25) is 0 Å². The minimum absolute atomic E-state index is 0.0497. The molecule has 3 N–H and O–H groups in total. The van der Waals surface area contributed by atoms with Gasteiger partial charge in [0.05, 0.1) is 30.0 Å². The first kappa shape index (κ1) is 22.1. The number of hydrogen-bond donors (Lipinski definition) is 3. The zero-order valence-corrected chi connectivity index (χ0v) is 16.5. The van der Waals surface area contributed by atoms with Crippen molar-refractivity contribution in [2.45, 2.75) is 12.3 Å². The standard InChI is InChI=1S/C22H20F3N3O3/c1-31-19-10-3-2-9-17(19)28-20-16(8-5-11-26-20)21(30)27-13-18(29)14-6-4-7-15(12-14)22(23,24)25/h2-12,18,29H,13H2,1H3,(H,26,28)(H,27,30). The monoisotopic (exact) mass is 431 g/mol. The first-order chi connectivity index (χ1) is 14.8. The minimum atomic E-state index is -4.52. The summed E-state index contributed by atoms with van der Waals surface area (Å²) < 4.78 is 43.9. The van der Waals surface area contributed by atoms with Crippen molar-refractivity contribution in [2.24, 2.45) is 0 Å². The summed E-state index contributed by atoms with van der Waals surface area (Å²) in [5.41, 5.74) is -0.0222. The van der Waals surface area contributed by atoms with E-state index in [1.165, 1.54) is 31.5 Å². The van der Waals surface area contributed by atoms with Gasteiger partial charge in [-0.05, 0) is 42.0 Å². The molecule has 9 heteroatoms. The summed E-state index contributed by atoms with van der Waals surface area (Å²) in [6.07, 6.45) is -4.33. The molecule has 1 unspecified atom stereocenters. The van der Waals surface area contributed by atoms with Crippen LogP contribution >= 0.6 is 0 Å². The van der Waals surface area contributed by atoms with Crippen molar-refractivity contribution in [3.8, 4) is 5.75 Å². The van der Waals surface area contributed by atoms with Gasteiger partial charge in [-0.3, -0.25) is 4.79 Å². The van der Waals surface area contributed by atoms with Crippen molar-refractivity contribution in [3.63, 3.8) is 0 Å². The summed E-state index contributed by atoms with van der Waals surface area (Å²) in [7, 11) is 1.52. The molecule has 0 spiro atoms. The summed E-state index contributed by atoms with van der Waals surface area (Å²) in [6.45, 7) is -0.275. The Hall–Kier alpha value is -3.59. The molecule has 1 heterocycles. The Bertz CT molecular complexity index is 1060. The van der Waals surface area contributed by atoms with Crippen LogP contribution in [0.3, 0.4) is 0 Å². The predicted molar refractivity (Wildman–Crippen MR) is 109 cm³/mol. The molecule has 0 fully saturated rings. The molecule has 6 nitrogen and oxygen atoms in total. The maximum absolute atomic E-state index is 12.9. The number of nitrogens with zero attached hydrogens (tertiary/aromatic N) is 1. The van der Waals surface area contributed by atoms with Crippen molar-refractivity contribution >= 4 is 17.4 Å². The molecular formula is C22H20F3N3O3. The number of aliphatic hydroxyl groups is 1. The molecule has 0 bridgehead atoms. The van der Waals surface area contributed by atoms with E-state index in [1.54, 1.807) is 30.3 Å². The third-order valence-electron chi connectivity index (χ3n) is 4.47. The number of amides is 1. The van der Waals surface area contributed by atoms with E-state index >= 15 is 0 Å². The number of nitrogens with one attached hydrogen (secondary N) is 2. The number of para-hydroxylation sites is 2. The lowest BCUT2D eigenvalue weighted by molar-refractivity contribution is -0.137. The van der Waals surface area contributed by atoms with Gasteiger partial charge in [-0.15, -0.1) is 0 Å². The number of pyridine rings is 1. The van der Waals surface area contributed by atoms with Gasteiger partial charge in [-0.25, -0.2) is 4.98 Å². The summed E-state index contributed by atoms with van der Waals surface area (Å²) >= 11 is 0. The van der Waals surface area contributed by atoms with E-state index in [-0.39, 0.29) is 23.5 Å². The number of benzene rings is 2. The molecule has 1 amide bonds. The second kappa shape index (κ2) is 9.48. The second-order valence-electron chi connectivity index (χ2n) is 6.57. The number of alkyl halides is 3. The van der Waals surface area contributed by atoms with Crippen LogP contribution in [-0.2, 0) is 6.18 Å². The number of carbonyl (C=O) groups excluding carboxylic acids is 1. The zero-order chi connectivity index (χ0) is 22.4. The van der Waals surface area contributed by atoms with Crippen LogP contribution in [-0.4, -0.2) is 29.7 Å². The zero-order valence-electron chi connectivity index (χ0n) is 16.5. The van der Waals surface area contributed by atoms with E-state index in [9.17, 15) is 23.1 Å². The van der Waals surface area contributed by atoms with Gasteiger partial charge in [-0.1, -0.05) is 24.3 Å². The van der Waals surface area contributed by atoms with Gasteiger partial charge in [0.1, 0.15) is 11.6 Å². The van der Waals surface area contributed by atoms with E-state index in [4.69, 9.17) is 4.74 Å². The Kier molecular flexibility index (Phi) is 6.76. The smallest absolute Gasteiger partial charge is 0.416 e. The van der Waals surface area contributed by atoms with Crippen LogP contribution in [0.4, 0.5) is 24.7 Å². The van der Waals surface area contributed by atoms with Gasteiger partial charge in [0, 0.05) is 12.7 Å². The van der Waals surface area contributed by atoms with Gasteiger partial charge in [0.25, 0.3) is 5.91 Å². The van der Waals surface area contributed by atoms with Gasteiger partial charge < -0.3 is 20.5 Å². The summed E-state index contributed by atoms with van der Waals surface area (Å²) in [5.74, 6) is 0.272. The first-order valence-corrected chi connectivity index (χ1v) is 9.28. The minimum Gasteiger partial charge on any atom is -0.495 e. The van der Waals surface area contributed by atoms with Crippen LogP contribution in [0.15, 0.2) is 66.9 Å². The number of methoxy groups -OCH3 is 1. The molecule has 3 rings (SSSR count). The Morgan fingerprint density at radius 1 is 1.13 bits per heavy atom. The van der Waals surface area contributed by atoms with E-state index in [1.807, 2.05) is 0 Å². The van der Waals surface area contributed by atoms with Crippen molar-refractivity contribution < 1.29 is 27.8 Å². The molecule has 31 heavy (non-hydrogen) atoms. The number of hydrogen-bond acceptors (Lipinski definition) is 5. The topological polar surface area (TPSA) is 83.5 Å². The average molecular weight is 431 g/mol. The highest BCUT2D eigenvalue weighted by molar-refractivity contribution is 5.99. The van der Waals surface area contributed by atoms with Gasteiger partial charge in [-0.2, -0.15) is 13.2 Å². The van der Waals surface area contributed by atoms with Crippen molar-refractivity contribution in [1.29, 1.82) is 0 Å². The normalized spacial score (nSPS) is 12.2. The van der Waals surface area contributed by atoms with E-state index in [0.29, 0.717) is 11.4 Å². The quantitative estimate of drug-likeness (QED) is 0.519. The molecule has 0 aliphatic carbocycles. The van der Waals surface area contributed by atoms with Gasteiger partial charge >= 0.3 is 6.18 Å². The molecule has 1 atom stereocenters. The van der Waals surface area contributed by atoms with Crippen molar-refractivity contribution in [3.05, 3.63) is 83.6 Å². The third-order valence-corrected chi connectivity index (χ3v) is 4.47. The Labute approximate surface area is 176 Å². The lowest BCUT2D eigenvalue weighted by atomic mass is 10.1. The highest BCUT2D eigenvalue weighted by Crippen LogP contribution is 2.31. The Balaban J connectivity index is 1.72. The number of halogens is 3. The summed E-state index contributed by atoms with van der Waals surface area (Å²) in [5, 5.41) is 15.8. The highest BCUT2D eigenvalue weighted by atomic mass is 19.4. The molecule has 162 valence electrons. The number of aromatic nitrogens is 1. The highest BCUT2D eigenvalue weighted by Gasteiger charge is 2.30. The first-order valence-electron chi connectivity index (χ1n) is 9.28. The van der Waals surface area contributed by atoms with E-state index in [0.717, 1.165) is 12.1 Å². The number of rotatable bonds is 7. The number of aliphatic hydroxyl groups excluding tert-OH is 1. The molecule has 0 aliphatic rings. The van der Waals surface area contributed by atoms with Crippen molar-refractivity contribution in [2.75, 3.05) is 19.0 Å². The molecular weight excluding hydrogens is 411 g/mol. The van der Waals surface area contributed by atoms with Crippen LogP contribution in [0.5, 0.6) is 5.75 Å². The maximum atomic E-state index is 12.9. The fourth-order valence-corrected chi connectivity index (χ4v) is 2.89. The van der Waals surface area contributed by atoms with Gasteiger partial charge in [0.2, 0.25) is 0 Å². The molecule has 1 aromatic heterocycles. The predicted octanol–water partition coefficient (Wildman–Crippen LogP) is 4.32. The number of anilines is 2. The van der Waals surface area contributed by atoms with E-state index in [2.05, 4.69) is 15.6 Å². The largest absolute Gasteiger partial charge is 0.495 e. The second-order valence-corrected chi connectivity index (χ2v) is 6.57. The van der Waals surface area contributed by atoms with Crippen LogP contribution in [0.25, 0.3) is 0 Å². The third kappa shape index (κ3) is 5.52. The van der Waals surface area contributed by atoms with Crippen LogP contribution in [0.1, 0.15) is 27.6 Å². The van der Waals surface area contributed by atoms with Gasteiger partial charge in [0.15, 0.2) is 0 Å². The van der Waals surface area contributed by atoms with Crippen LogP contribution in [0, 0.1) is 0 Å². The molecule has 0 aliphatic heterocycles. The Morgan fingerprint density at radius 2 is 1.90 bits per heavy atom. The Morgan fingerprint density at radius 3 is 2.65 bits per heavy atom. The molecule has 0 saturated heterocycles. The lowest BCUT2D eigenvalue weighted by Crippen LogP contribution is -2.29. The number of ether oxygens (including phenoxy) is 1. The molecule has 0 saturated carbocycles. The molecule has 0 radical (unpaired) electrons. The SMILES string of the molecule is COc1ccccc1Nc1ncccc1C(=O)NCC(O)c1cccc(C(F)(F)F)c1. The maximum Gasteiger partial charge on any atom is 0.416 e. The average Bonchev–Trinajstić information content (AvgIpc) is 2.77. The van der Waals surface area contributed by atoms with E-state index < -0.39 is 23.8 Å².